The van der Waals surface area contributed by atoms with Gasteiger partial charge in [-0.1, -0.05) is 13.8 Å². The van der Waals surface area contributed by atoms with Crippen molar-refractivity contribution >= 4 is 32.8 Å². The van der Waals surface area contributed by atoms with Crippen LogP contribution in [0.25, 0.3) is 0 Å². The Morgan fingerprint density at radius 2 is 2.06 bits per heavy atom. The number of nitrogens with zero attached hydrogens (tertiary/aromatic N) is 4. The van der Waals surface area contributed by atoms with E-state index in [4.69, 9.17) is 14.7 Å². The van der Waals surface area contributed by atoms with Crippen molar-refractivity contribution in [1.29, 1.82) is 0 Å². The van der Waals surface area contributed by atoms with Crippen molar-refractivity contribution < 1.29 is 32.4 Å². The van der Waals surface area contributed by atoms with Gasteiger partial charge in [0.15, 0.2) is 9.84 Å². The van der Waals surface area contributed by atoms with Crippen molar-refractivity contribution in [3.63, 3.8) is 0 Å². The van der Waals surface area contributed by atoms with Gasteiger partial charge in [-0.3, -0.25) is 10.1 Å². The Kier molecular flexibility index (Phi) is 7.38. The molecule has 1 aromatic carbocycles. The van der Waals surface area contributed by atoms with E-state index in [1.807, 2.05) is 13.8 Å². The number of nitrogens with one attached hydrogen (secondary N) is 2. The van der Waals surface area contributed by atoms with Crippen molar-refractivity contribution in [3.05, 3.63) is 40.5 Å². The molecular formula is C21H27FN6O7S. The molecule has 196 valence electrons. The van der Waals surface area contributed by atoms with Gasteiger partial charge in [-0.05, 0) is 42.6 Å². The first kappa shape index (κ1) is 26.1. The molecule has 15 heteroatoms. The fourth-order valence-corrected chi connectivity index (χ4v) is 5.13. The quantitative estimate of drug-likeness (QED) is 0.295. The minimum Gasteiger partial charge on any atom is -0.351 e. The van der Waals surface area contributed by atoms with E-state index in [1.165, 1.54) is 12.1 Å². The van der Waals surface area contributed by atoms with E-state index in [2.05, 4.69) is 20.9 Å². The zero-order valence-corrected chi connectivity index (χ0v) is 20.7. The molecule has 36 heavy (non-hydrogen) atoms. The third-order valence-electron chi connectivity index (χ3n) is 6.15. The number of sulfone groups is 1. The van der Waals surface area contributed by atoms with E-state index >= 15 is 0 Å². The molecule has 1 unspecified atom stereocenters. The van der Waals surface area contributed by atoms with Crippen LogP contribution in [-0.4, -0.2) is 48.4 Å². The van der Waals surface area contributed by atoms with E-state index < -0.39 is 32.1 Å². The van der Waals surface area contributed by atoms with Gasteiger partial charge >= 0.3 is 5.69 Å². The van der Waals surface area contributed by atoms with Gasteiger partial charge < -0.3 is 10.2 Å². The van der Waals surface area contributed by atoms with Gasteiger partial charge in [0.25, 0.3) is 0 Å². The standard InChI is InChI=1S/C21H27FN6O7S/c1-13(2)11-21(33-26-35-34-21)14-6-8-27(9-7-14)20-18(28(29)30)19(23-12-24-20)25-17-5-4-15(10-16(17)22)36(3,31)32/h4-5,10,12-14,26H,6-9,11H2,1-3H3,(H,23,24,25). The third-order valence-corrected chi connectivity index (χ3v) is 7.26. The van der Waals surface area contributed by atoms with E-state index in [9.17, 15) is 22.9 Å². The number of piperidine rings is 1. The second-order valence-corrected chi connectivity index (χ2v) is 11.2. The number of anilines is 3. The highest BCUT2D eigenvalue weighted by Crippen LogP contribution is 2.41. The van der Waals surface area contributed by atoms with Gasteiger partial charge in [0.05, 0.1) is 15.5 Å². The highest BCUT2D eigenvalue weighted by molar-refractivity contribution is 7.90. The molecule has 4 rings (SSSR count). The molecule has 13 nitrogen and oxygen atoms in total. The molecule has 0 amide bonds. The van der Waals surface area contributed by atoms with Crippen LogP contribution < -0.4 is 15.9 Å². The molecule has 0 spiro atoms. The fourth-order valence-electron chi connectivity index (χ4n) is 4.50. The normalized spacial score (nSPS) is 21.2. The molecule has 1 atom stereocenters. The summed E-state index contributed by atoms with van der Waals surface area (Å²) in [6, 6.07) is 3.24. The maximum Gasteiger partial charge on any atom is 0.353 e. The minimum absolute atomic E-state index is 0.0351. The average Bonchev–Trinajstić information content (AvgIpc) is 3.28. The number of nitro groups is 1. The van der Waals surface area contributed by atoms with E-state index in [1.54, 1.807) is 4.90 Å². The summed E-state index contributed by atoms with van der Waals surface area (Å²) < 4.78 is 37.9. The Balaban J connectivity index is 1.56. The maximum absolute atomic E-state index is 14.6. The smallest absolute Gasteiger partial charge is 0.351 e. The molecule has 2 aliphatic rings. The number of hydrogen-bond acceptors (Lipinski definition) is 12. The number of benzene rings is 1. The molecule has 1 aromatic heterocycles. The summed E-state index contributed by atoms with van der Waals surface area (Å²) in [5.74, 6) is -1.74. The summed E-state index contributed by atoms with van der Waals surface area (Å²) in [6.07, 6.45) is 3.88. The van der Waals surface area contributed by atoms with E-state index in [0.717, 1.165) is 18.6 Å². The van der Waals surface area contributed by atoms with Crippen molar-refractivity contribution in [2.75, 3.05) is 29.6 Å². The number of aromatic nitrogens is 2. The number of hydrogen-bond donors (Lipinski definition) is 2. The molecule has 2 fully saturated rings. The molecule has 2 aromatic rings. The Morgan fingerprint density at radius 1 is 1.33 bits per heavy atom. The Bertz CT molecular complexity index is 1230. The van der Waals surface area contributed by atoms with Crippen LogP contribution in [0.5, 0.6) is 0 Å². The zero-order valence-electron chi connectivity index (χ0n) is 19.9. The Labute approximate surface area is 206 Å². The van der Waals surface area contributed by atoms with Crippen molar-refractivity contribution in [3.8, 4) is 0 Å². The molecule has 0 saturated carbocycles. The van der Waals surface area contributed by atoms with Crippen LogP contribution in [0.1, 0.15) is 33.1 Å². The van der Waals surface area contributed by atoms with E-state index in [-0.39, 0.29) is 34.1 Å². The second-order valence-electron chi connectivity index (χ2n) is 9.21. The van der Waals surface area contributed by atoms with Gasteiger partial charge in [0.1, 0.15) is 12.1 Å². The van der Waals surface area contributed by atoms with Crippen LogP contribution in [-0.2, 0) is 24.6 Å². The molecule has 0 aliphatic carbocycles. The lowest BCUT2D eigenvalue weighted by Crippen LogP contribution is -2.47. The van der Waals surface area contributed by atoms with Crippen LogP contribution >= 0.6 is 0 Å². The number of halogens is 1. The Morgan fingerprint density at radius 3 is 2.61 bits per heavy atom. The summed E-state index contributed by atoms with van der Waals surface area (Å²) in [6.45, 7) is 4.92. The van der Waals surface area contributed by atoms with Crippen LogP contribution in [0, 0.1) is 27.8 Å². The van der Waals surface area contributed by atoms with Crippen molar-refractivity contribution in [1.82, 2.24) is 15.6 Å². The van der Waals surface area contributed by atoms with Gasteiger partial charge in [0, 0.05) is 31.7 Å². The predicted octanol–water partition coefficient (Wildman–Crippen LogP) is 3.03. The highest BCUT2D eigenvalue weighted by Gasteiger charge is 2.49. The third kappa shape index (κ3) is 5.39. The summed E-state index contributed by atoms with van der Waals surface area (Å²) in [7, 11) is -3.62. The lowest BCUT2D eigenvalue weighted by atomic mass is 9.84. The molecule has 2 N–H and O–H groups in total. The van der Waals surface area contributed by atoms with Crippen molar-refractivity contribution in [2.45, 2.75) is 43.8 Å². The molecule has 0 radical (unpaired) electrons. The monoisotopic (exact) mass is 526 g/mol. The number of rotatable bonds is 8. The highest BCUT2D eigenvalue weighted by atomic mass is 32.2. The topological polar surface area (TPSA) is 158 Å². The first-order valence-corrected chi connectivity index (χ1v) is 13.2. The van der Waals surface area contributed by atoms with E-state index in [0.29, 0.717) is 32.4 Å². The lowest BCUT2D eigenvalue weighted by molar-refractivity contribution is -0.383. The maximum atomic E-state index is 14.6. The van der Waals surface area contributed by atoms with Crippen molar-refractivity contribution in [2.24, 2.45) is 11.8 Å². The van der Waals surface area contributed by atoms with Crippen LogP contribution in [0.4, 0.5) is 27.4 Å². The van der Waals surface area contributed by atoms with Gasteiger partial charge in [0.2, 0.25) is 17.4 Å². The van der Waals surface area contributed by atoms with Gasteiger partial charge in [-0.15, -0.1) is 4.99 Å². The first-order chi connectivity index (χ1) is 17.0. The zero-order chi connectivity index (χ0) is 26.1. The molecule has 0 bridgehead atoms. The van der Waals surface area contributed by atoms with Crippen LogP contribution in [0.3, 0.4) is 0 Å². The summed E-state index contributed by atoms with van der Waals surface area (Å²) in [4.78, 5) is 36.9. The SMILES string of the molecule is CC(C)CC1(C2CCN(c3ncnc(Nc4ccc(S(C)(=O)=O)cc4F)c3[N+](=O)[O-])CC2)ONOO1. The second kappa shape index (κ2) is 10.2. The molecule has 2 aliphatic heterocycles. The summed E-state index contributed by atoms with van der Waals surface area (Å²) in [5.41, 5.74) is 1.73. The largest absolute Gasteiger partial charge is 0.353 e. The van der Waals surface area contributed by atoms with Gasteiger partial charge in [-0.2, -0.15) is 4.89 Å². The Hall–Kier alpha value is -2.98. The van der Waals surface area contributed by atoms with Gasteiger partial charge in [-0.25, -0.2) is 27.6 Å². The minimum atomic E-state index is -3.62. The first-order valence-electron chi connectivity index (χ1n) is 11.3. The molecule has 2 saturated heterocycles. The molecular weight excluding hydrogens is 499 g/mol. The van der Waals surface area contributed by atoms with Crippen LogP contribution in [0.2, 0.25) is 0 Å². The lowest BCUT2D eigenvalue weighted by Gasteiger charge is -2.39. The molecule has 3 heterocycles. The predicted molar refractivity (Wildman–Crippen MR) is 125 cm³/mol. The van der Waals surface area contributed by atoms with Crippen LogP contribution in [0.15, 0.2) is 29.4 Å². The fraction of sp³-hybridized carbons (Fsp3) is 0.524. The summed E-state index contributed by atoms with van der Waals surface area (Å²) in [5, 5.41) is 14.6. The summed E-state index contributed by atoms with van der Waals surface area (Å²) >= 11 is 0. The average molecular weight is 527 g/mol.